The van der Waals surface area contributed by atoms with E-state index >= 15 is 0 Å². The van der Waals surface area contributed by atoms with Crippen LogP contribution in [0.5, 0.6) is 0 Å². The Hall–Kier alpha value is -8.18. The molecule has 3 aromatic heterocycles. The Kier molecular flexibility index (Phi) is 8.59. The lowest BCUT2D eigenvalue weighted by molar-refractivity contribution is 0.642. The van der Waals surface area contributed by atoms with Crippen molar-refractivity contribution in [3.8, 4) is 73.0 Å². The van der Waals surface area contributed by atoms with Crippen LogP contribution in [0.25, 0.3) is 94.8 Å². The van der Waals surface area contributed by atoms with Crippen LogP contribution >= 0.6 is 0 Å². The molecule has 4 heterocycles. The molecule has 4 nitrogen and oxygen atoms in total. The highest BCUT2D eigenvalue weighted by atomic mass is 15.4. The van der Waals surface area contributed by atoms with Crippen molar-refractivity contribution in [1.82, 2.24) is 19.0 Å². The van der Waals surface area contributed by atoms with Crippen molar-refractivity contribution in [2.75, 3.05) is 7.05 Å². The molecule has 0 spiro atoms. The third-order valence-electron chi connectivity index (χ3n) is 12.8. The molecule has 1 aliphatic rings. The van der Waals surface area contributed by atoms with Crippen molar-refractivity contribution in [3.63, 3.8) is 0 Å². The first-order valence-electron chi connectivity index (χ1n) is 21.5. The average molecular weight is 806 g/mol. The molecule has 1 atom stereocenters. The normalized spacial score (nSPS) is 14.2. The van der Waals surface area contributed by atoms with E-state index in [0.29, 0.717) is 4.48 Å². The lowest BCUT2D eigenvalue weighted by atomic mass is 9.97. The van der Waals surface area contributed by atoms with Crippen LogP contribution < -0.4 is 4.48 Å². The number of aromatic nitrogens is 3. The summed E-state index contributed by atoms with van der Waals surface area (Å²) in [5.74, 6) is 0. The fourth-order valence-electron chi connectivity index (χ4n) is 9.70. The third kappa shape index (κ3) is 6.11. The van der Waals surface area contributed by atoms with Crippen LogP contribution in [0, 0.1) is 0 Å². The Balaban J connectivity index is 1.01. The second-order valence-corrected chi connectivity index (χ2v) is 16.5. The van der Waals surface area contributed by atoms with E-state index in [1.807, 2.05) is 0 Å². The smallest absolute Gasteiger partial charge is 0.151 e. The molecule has 0 N–H and O–H groups in total. The molecule has 8 aromatic carbocycles. The highest BCUT2D eigenvalue weighted by molar-refractivity contribution is 6.11. The predicted octanol–water partition coefficient (Wildman–Crippen LogP) is 15.5. The number of hydrogen-bond donors (Lipinski definition) is 0. The second-order valence-electron chi connectivity index (χ2n) is 16.5. The number of rotatable bonds is 7. The Morgan fingerprint density at radius 2 is 0.778 bits per heavy atom. The van der Waals surface area contributed by atoms with Crippen LogP contribution in [0.15, 0.2) is 231 Å². The molecule has 0 aliphatic carbocycles. The van der Waals surface area contributed by atoms with Gasteiger partial charge in [-0.2, -0.15) is 0 Å². The molecular weight excluding hydrogens is 765 g/mol. The van der Waals surface area contributed by atoms with E-state index in [1.54, 1.807) is 0 Å². The number of quaternary nitrogens is 1. The molecule has 0 radical (unpaired) electrons. The van der Waals surface area contributed by atoms with Crippen molar-refractivity contribution in [2.45, 2.75) is 0 Å². The number of fused-ring (bicyclic) bond motifs is 6. The molecule has 1 aliphatic heterocycles. The monoisotopic (exact) mass is 805 g/mol. The second kappa shape index (κ2) is 14.8. The van der Waals surface area contributed by atoms with Gasteiger partial charge in [0.1, 0.15) is 5.69 Å². The van der Waals surface area contributed by atoms with Crippen LogP contribution in [0.2, 0.25) is 0 Å². The largest absolute Gasteiger partial charge is 0.309 e. The van der Waals surface area contributed by atoms with Gasteiger partial charge in [-0.15, -0.1) is 0 Å². The van der Waals surface area contributed by atoms with Gasteiger partial charge in [-0.3, -0.25) is 0 Å². The number of nitrogens with zero attached hydrogens (tertiary/aromatic N) is 4. The van der Waals surface area contributed by atoms with Gasteiger partial charge < -0.3 is 4.57 Å². The lowest BCUT2D eigenvalue weighted by Gasteiger charge is -2.31. The van der Waals surface area contributed by atoms with E-state index in [-0.39, 0.29) is 0 Å². The topological polar surface area (TPSA) is 30.7 Å². The molecule has 4 heteroatoms. The average Bonchev–Trinajstić information content (AvgIpc) is 3.84. The number of pyridine rings is 2. The van der Waals surface area contributed by atoms with Gasteiger partial charge >= 0.3 is 0 Å². The molecular formula is C59H41N4+. The molecule has 0 fully saturated rings. The summed E-state index contributed by atoms with van der Waals surface area (Å²) >= 11 is 0. The Labute approximate surface area is 366 Å². The standard InChI is InChI=1S/C59H41N4/c1-63(47-38-54(42-22-10-4-11-23-42)61-55(39-47)43-24-12-5-13-25-43)58-29-17-15-27-49(58)51-35-45(31-33-59(51)63)44-30-32-57-50(34-44)48-26-14-16-28-56(48)62(57)46-36-52(40-18-6-2-7-19-40)60-53(37-46)41-20-8-3-9-21-41/h2-39H,1H3/q+1. The molecule has 63 heavy (non-hydrogen) atoms. The maximum atomic E-state index is 5.23. The molecule has 0 saturated heterocycles. The maximum absolute atomic E-state index is 5.23. The van der Waals surface area contributed by atoms with Gasteiger partial charge in [0.05, 0.1) is 52.1 Å². The first-order chi connectivity index (χ1) is 31.1. The van der Waals surface area contributed by atoms with Crippen LogP contribution in [-0.2, 0) is 0 Å². The zero-order valence-electron chi connectivity index (χ0n) is 34.7. The summed E-state index contributed by atoms with van der Waals surface area (Å²) in [6.45, 7) is 0. The number of benzene rings is 8. The van der Waals surface area contributed by atoms with Gasteiger partial charge in [0, 0.05) is 62.9 Å². The van der Waals surface area contributed by atoms with Crippen molar-refractivity contribution < 1.29 is 0 Å². The number of hydrogen-bond acceptors (Lipinski definition) is 2. The molecule has 0 saturated carbocycles. The number of para-hydroxylation sites is 2. The maximum Gasteiger partial charge on any atom is 0.151 e. The summed E-state index contributed by atoms with van der Waals surface area (Å²) in [5, 5.41) is 2.42. The minimum atomic E-state index is 0.530. The summed E-state index contributed by atoms with van der Waals surface area (Å²) < 4.78 is 2.93. The minimum Gasteiger partial charge on any atom is -0.309 e. The van der Waals surface area contributed by atoms with Gasteiger partial charge in [-0.1, -0.05) is 158 Å². The summed E-state index contributed by atoms with van der Waals surface area (Å²) in [5.41, 5.74) is 20.1. The lowest BCUT2D eigenvalue weighted by Crippen LogP contribution is -2.31. The Morgan fingerprint density at radius 1 is 0.333 bits per heavy atom. The predicted molar refractivity (Wildman–Crippen MR) is 262 cm³/mol. The van der Waals surface area contributed by atoms with Gasteiger partial charge in [0.25, 0.3) is 0 Å². The zero-order valence-corrected chi connectivity index (χ0v) is 34.7. The van der Waals surface area contributed by atoms with E-state index in [1.165, 1.54) is 44.4 Å². The molecule has 296 valence electrons. The molecule has 0 bridgehead atoms. The third-order valence-corrected chi connectivity index (χ3v) is 12.8. The van der Waals surface area contributed by atoms with E-state index in [0.717, 1.165) is 67.4 Å². The summed E-state index contributed by atoms with van der Waals surface area (Å²) in [7, 11) is 2.33. The van der Waals surface area contributed by atoms with Crippen LogP contribution in [0.1, 0.15) is 0 Å². The van der Waals surface area contributed by atoms with Crippen LogP contribution in [0.4, 0.5) is 17.1 Å². The fourth-order valence-corrected chi connectivity index (χ4v) is 9.70. The van der Waals surface area contributed by atoms with Crippen LogP contribution in [-0.4, -0.2) is 21.6 Å². The van der Waals surface area contributed by atoms with Crippen molar-refractivity contribution in [1.29, 1.82) is 0 Å². The first-order valence-corrected chi connectivity index (χ1v) is 21.5. The summed E-state index contributed by atoms with van der Waals surface area (Å²) in [4.78, 5) is 10.4. The quantitative estimate of drug-likeness (QED) is 0.150. The van der Waals surface area contributed by atoms with E-state index < -0.39 is 0 Å². The highest BCUT2D eigenvalue weighted by Crippen LogP contribution is 2.57. The molecule has 1 unspecified atom stereocenters. The molecule has 0 amide bonds. The van der Waals surface area contributed by atoms with Gasteiger partial charge in [0.15, 0.2) is 11.4 Å². The van der Waals surface area contributed by atoms with E-state index in [2.05, 4.69) is 242 Å². The summed E-state index contributed by atoms with van der Waals surface area (Å²) in [6, 6.07) is 82.7. The minimum absolute atomic E-state index is 0.530. The van der Waals surface area contributed by atoms with E-state index in [4.69, 9.17) is 9.97 Å². The fraction of sp³-hybridized carbons (Fsp3) is 0.0169. The van der Waals surface area contributed by atoms with Crippen molar-refractivity contribution >= 4 is 38.9 Å². The zero-order chi connectivity index (χ0) is 41.9. The van der Waals surface area contributed by atoms with Gasteiger partial charge in [-0.05, 0) is 59.7 Å². The van der Waals surface area contributed by atoms with Gasteiger partial charge in [-0.25, -0.2) is 14.5 Å². The van der Waals surface area contributed by atoms with Crippen molar-refractivity contribution in [3.05, 3.63) is 231 Å². The summed E-state index contributed by atoms with van der Waals surface area (Å²) in [6.07, 6.45) is 0. The first kappa shape index (κ1) is 36.7. The molecule has 12 rings (SSSR count). The SMILES string of the molecule is C[N+]1(c2cc(-c3ccccc3)nc(-c3ccccc3)c2)c2ccccc2-c2cc(-c3ccc4c(c3)c3ccccc3n4-c3cc(-c4ccccc4)nc(-c4ccccc4)c3)ccc21. The molecule has 11 aromatic rings. The van der Waals surface area contributed by atoms with E-state index in [9.17, 15) is 0 Å². The van der Waals surface area contributed by atoms with Gasteiger partial charge in [0.2, 0.25) is 0 Å². The van der Waals surface area contributed by atoms with Crippen molar-refractivity contribution in [2.24, 2.45) is 0 Å². The Morgan fingerprint density at radius 3 is 1.37 bits per heavy atom. The highest BCUT2D eigenvalue weighted by Gasteiger charge is 2.43. The Bertz CT molecular complexity index is 3390. The van der Waals surface area contributed by atoms with Crippen LogP contribution in [0.3, 0.4) is 0 Å².